The van der Waals surface area contributed by atoms with Crippen LogP contribution in [-0.4, -0.2) is 31.7 Å². The Kier molecular flexibility index (Phi) is 6.37. The molecule has 0 heterocycles. The van der Waals surface area contributed by atoms with Crippen molar-refractivity contribution in [1.29, 1.82) is 0 Å². The summed E-state index contributed by atoms with van der Waals surface area (Å²) in [6, 6.07) is 11.6. The molecule has 0 fully saturated rings. The maximum absolute atomic E-state index is 12.5. The van der Waals surface area contributed by atoms with Crippen LogP contribution >= 0.6 is 15.9 Å². The highest BCUT2D eigenvalue weighted by Crippen LogP contribution is 2.21. The largest absolute Gasteiger partial charge is 0.322 e. The second-order valence-corrected chi connectivity index (χ2v) is 8.38. The zero-order valence-electron chi connectivity index (χ0n) is 14.4. The summed E-state index contributed by atoms with van der Waals surface area (Å²) in [4.78, 5) is 12.6. The molecule has 2 aromatic carbocycles. The topological polar surface area (TPSA) is 66.5 Å². The summed E-state index contributed by atoms with van der Waals surface area (Å²) in [5, 5.41) is 2.84. The van der Waals surface area contributed by atoms with Gasteiger partial charge < -0.3 is 5.32 Å². The molecular formula is C18H21BrN2O3S. The molecule has 2 rings (SSSR count). The van der Waals surface area contributed by atoms with E-state index in [0.717, 1.165) is 10.0 Å². The van der Waals surface area contributed by atoms with Crippen molar-refractivity contribution in [3.8, 4) is 0 Å². The van der Waals surface area contributed by atoms with E-state index in [1.807, 2.05) is 25.1 Å². The molecule has 0 saturated heterocycles. The maximum atomic E-state index is 12.5. The highest BCUT2D eigenvalue weighted by atomic mass is 79.9. The standard InChI is InChI=1S/C18H21BrN2O3S/c1-4-21(5-2)25(23,24)16-9-6-14(7-10-16)18(22)20-17-11-8-15(19)12-13(17)3/h6-12H,4-5H2,1-3H3,(H,20,22). The molecule has 1 N–H and O–H groups in total. The first-order valence-corrected chi connectivity index (χ1v) is 10.2. The highest BCUT2D eigenvalue weighted by molar-refractivity contribution is 9.10. The minimum Gasteiger partial charge on any atom is -0.322 e. The Labute approximate surface area is 157 Å². The van der Waals surface area contributed by atoms with E-state index < -0.39 is 10.0 Å². The minimum absolute atomic E-state index is 0.188. The van der Waals surface area contributed by atoms with Gasteiger partial charge in [-0.05, 0) is 55.0 Å². The Balaban J connectivity index is 2.20. The van der Waals surface area contributed by atoms with Crippen LogP contribution in [-0.2, 0) is 10.0 Å². The first-order valence-electron chi connectivity index (χ1n) is 7.97. The molecule has 0 aliphatic carbocycles. The van der Waals surface area contributed by atoms with Gasteiger partial charge >= 0.3 is 0 Å². The average Bonchev–Trinajstić information content (AvgIpc) is 2.58. The summed E-state index contributed by atoms with van der Waals surface area (Å²) in [7, 11) is -3.52. The van der Waals surface area contributed by atoms with Crippen LogP contribution in [0.15, 0.2) is 51.8 Å². The third kappa shape index (κ3) is 4.48. The molecular weight excluding hydrogens is 404 g/mol. The molecule has 2 aromatic rings. The SMILES string of the molecule is CCN(CC)S(=O)(=O)c1ccc(C(=O)Nc2ccc(Br)cc2C)cc1. The number of carbonyl (C=O) groups is 1. The summed E-state index contributed by atoms with van der Waals surface area (Å²) < 4.78 is 27.2. The number of sulfonamides is 1. The Morgan fingerprint density at radius 1 is 1.08 bits per heavy atom. The van der Waals surface area contributed by atoms with Crippen LogP contribution < -0.4 is 5.32 Å². The van der Waals surface area contributed by atoms with Crippen molar-refractivity contribution < 1.29 is 13.2 Å². The summed E-state index contributed by atoms with van der Waals surface area (Å²) in [6.45, 7) is 6.31. The van der Waals surface area contributed by atoms with Crippen LogP contribution in [0.4, 0.5) is 5.69 Å². The van der Waals surface area contributed by atoms with Crippen LogP contribution in [0.25, 0.3) is 0 Å². The lowest BCUT2D eigenvalue weighted by molar-refractivity contribution is 0.102. The minimum atomic E-state index is -3.52. The van der Waals surface area contributed by atoms with Gasteiger partial charge in [-0.15, -0.1) is 0 Å². The van der Waals surface area contributed by atoms with Gasteiger partial charge in [-0.25, -0.2) is 8.42 Å². The molecule has 0 bridgehead atoms. The maximum Gasteiger partial charge on any atom is 0.255 e. The highest BCUT2D eigenvalue weighted by Gasteiger charge is 2.21. The fourth-order valence-electron chi connectivity index (χ4n) is 2.45. The van der Waals surface area contributed by atoms with E-state index in [-0.39, 0.29) is 10.8 Å². The molecule has 0 spiro atoms. The fourth-order valence-corrected chi connectivity index (χ4v) is 4.39. The average molecular weight is 425 g/mol. The van der Waals surface area contributed by atoms with Crippen molar-refractivity contribution in [3.63, 3.8) is 0 Å². The van der Waals surface area contributed by atoms with Crippen LogP contribution in [0.2, 0.25) is 0 Å². The smallest absolute Gasteiger partial charge is 0.255 e. The van der Waals surface area contributed by atoms with Gasteiger partial charge in [0.1, 0.15) is 0 Å². The van der Waals surface area contributed by atoms with Crippen LogP contribution in [0.3, 0.4) is 0 Å². The molecule has 1 amide bonds. The molecule has 0 aliphatic rings. The number of carbonyl (C=O) groups excluding carboxylic acids is 1. The van der Waals surface area contributed by atoms with E-state index in [9.17, 15) is 13.2 Å². The normalized spacial score (nSPS) is 11.6. The van der Waals surface area contributed by atoms with Crippen LogP contribution in [0.1, 0.15) is 29.8 Å². The number of nitrogens with zero attached hydrogens (tertiary/aromatic N) is 1. The molecule has 25 heavy (non-hydrogen) atoms. The molecule has 7 heteroatoms. The molecule has 0 aliphatic heterocycles. The van der Waals surface area contributed by atoms with E-state index in [1.165, 1.54) is 28.6 Å². The van der Waals surface area contributed by atoms with Gasteiger partial charge in [0.25, 0.3) is 5.91 Å². The lowest BCUT2D eigenvalue weighted by Crippen LogP contribution is -2.30. The Morgan fingerprint density at radius 3 is 2.20 bits per heavy atom. The third-order valence-electron chi connectivity index (χ3n) is 3.90. The van der Waals surface area contributed by atoms with Crippen molar-refractivity contribution >= 4 is 37.5 Å². The number of rotatable bonds is 6. The van der Waals surface area contributed by atoms with Crippen LogP contribution in [0, 0.1) is 6.92 Å². The van der Waals surface area contributed by atoms with Crippen molar-refractivity contribution in [2.75, 3.05) is 18.4 Å². The van der Waals surface area contributed by atoms with Gasteiger partial charge in [0.2, 0.25) is 10.0 Å². The van der Waals surface area contributed by atoms with E-state index in [1.54, 1.807) is 13.8 Å². The quantitative estimate of drug-likeness (QED) is 0.760. The second kappa shape index (κ2) is 8.12. The van der Waals surface area contributed by atoms with E-state index in [4.69, 9.17) is 0 Å². The van der Waals surface area contributed by atoms with Crippen LogP contribution in [0.5, 0.6) is 0 Å². The summed E-state index contributed by atoms with van der Waals surface area (Å²) >= 11 is 3.38. The number of nitrogens with one attached hydrogen (secondary N) is 1. The van der Waals surface area contributed by atoms with Gasteiger partial charge in [-0.1, -0.05) is 29.8 Å². The number of aryl methyl sites for hydroxylation is 1. The first-order chi connectivity index (χ1) is 11.8. The monoisotopic (exact) mass is 424 g/mol. The summed E-state index contributed by atoms with van der Waals surface area (Å²) in [5.74, 6) is -0.280. The molecule has 5 nitrogen and oxygen atoms in total. The van der Waals surface area contributed by atoms with Gasteiger partial charge in [0.05, 0.1) is 4.90 Å². The van der Waals surface area contributed by atoms with E-state index in [2.05, 4.69) is 21.2 Å². The zero-order chi connectivity index (χ0) is 18.6. The molecule has 0 saturated carbocycles. The van der Waals surface area contributed by atoms with E-state index in [0.29, 0.717) is 24.3 Å². The molecule has 0 atom stereocenters. The van der Waals surface area contributed by atoms with Crippen molar-refractivity contribution in [2.45, 2.75) is 25.7 Å². The molecule has 0 radical (unpaired) electrons. The van der Waals surface area contributed by atoms with Crippen molar-refractivity contribution in [3.05, 3.63) is 58.1 Å². The Morgan fingerprint density at radius 2 is 1.68 bits per heavy atom. The first kappa shape index (κ1) is 19.6. The number of amides is 1. The third-order valence-corrected chi connectivity index (χ3v) is 6.45. The second-order valence-electron chi connectivity index (χ2n) is 5.53. The van der Waals surface area contributed by atoms with Gasteiger partial charge in [-0.3, -0.25) is 4.79 Å². The Bertz CT molecular complexity index is 860. The van der Waals surface area contributed by atoms with Gasteiger partial charge in [0, 0.05) is 28.8 Å². The molecule has 134 valence electrons. The van der Waals surface area contributed by atoms with Crippen molar-refractivity contribution in [2.24, 2.45) is 0 Å². The fraction of sp³-hybridized carbons (Fsp3) is 0.278. The number of benzene rings is 2. The molecule has 0 unspecified atom stereocenters. The number of halogens is 1. The summed E-state index contributed by atoms with van der Waals surface area (Å²) in [5.41, 5.74) is 2.05. The number of hydrogen-bond donors (Lipinski definition) is 1. The Hall–Kier alpha value is -1.70. The van der Waals surface area contributed by atoms with Gasteiger partial charge in [0.15, 0.2) is 0 Å². The number of hydrogen-bond acceptors (Lipinski definition) is 3. The predicted molar refractivity (Wildman–Crippen MR) is 103 cm³/mol. The van der Waals surface area contributed by atoms with E-state index >= 15 is 0 Å². The lowest BCUT2D eigenvalue weighted by atomic mass is 10.1. The molecule has 0 aromatic heterocycles. The summed E-state index contributed by atoms with van der Waals surface area (Å²) in [6.07, 6.45) is 0. The van der Waals surface area contributed by atoms with Gasteiger partial charge in [-0.2, -0.15) is 4.31 Å². The number of anilines is 1. The zero-order valence-corrected chi connectivity index (χ0v) is 16.8. The lowest BCUT2D eigenvalue weighted by Gasteiger charge is -2.18. The predicted octanol–water partition coefficient (Wildman–Crippen LogP) is 4.04. The van der Waals surface area contributed by atoms with Crippen molar-refractivity contribution in [1.82, 2.24) is 4.31 Å².